The number of methoxy groups -OCH3 is 2. The van der Waals surface area contributed by atoms with E-state index in [1.54, 1.807) is 35.5 Å². The minimum absolute atomic E-state index is 0.00318. The van der Waals surface area contributed by atoms with Crippen LogP contribution in [0.15, 0.2) is 46.9 Å². The van der Waals surface area contributed by atoms with Crippen LogP contribution in [-0.2, 0) is 14.3 Å². The van der Waals surface area contributed by atoms with Gasteiger partial charge in [-0.15, -0.1) is 11.3 Å². The van der Waals surface area contributed by atoms with Gasteiger partial charge < -0.3 is 14.4 Å². The first-order valence-corrected chi connectivity index (χ1v) is 12.3. The quantitative estimate of drug-likeness (QED) is 0.554. The van der Waals surface area contributed by atoms with Crippen molar-refractivity contribution in [1.29, 1.82) is 0 Å². The number of rotatable bonds is 9. The van der Waals surface area contributed by atoms with Gasteiger partial charge in [0.1, 0.15) is 12.3 Å². The van der Waals surface area contributed by atoms with Crippen molar-refractivity contribution in [2.45, 2.75) is 38.1 Å². The molecule has 1 aromatic heterocycles. The van der Waals surface area contributed by atoms with E-state index < -0.39 is 0 Å². The molecule has 7 nitrogen and oxygen atoms in total. The molecule has 176 valence electrons. The van der Waals surface area contributed by atoms with E-state index in [0.717, 1.165) is 47.6 Å². The van der Waals surface area contributed by atoms with Crippen LogP contribution in [0.4, 0.5) is 0 Å². The van der Waals surface area contributed by atoms with Gasteiger partial charge >= 0.3 is 0 Å². The molecule has 0 bridgehead atoms. The number of hydrogen-bond donors (Lipinski definition) is 0. The highest BCUT2D eigenvalue weighted by molar-refractivity contribution is 7.12. The van der Waals surface area contributed by atoms with Crippen molar-refractivity contribution in [1.82, 2.24) is 9.91 Å². The van der Waals surface area contributed by atoms with Gasteiger partial charge in [-0.3, -0.25) is 9.59 Å². The van der Waals surface area contributed by atoms with Crippen LogP contribution < -0.4 is 4.74 Å². The van der Waals surface area contributed by atoms with Gasteiger partial charge in [-0.1, -0.05) is 37.1 Å². The summed E-state index contributed by atoms with van der Waals surface area (Å²) in [7, 11) is 3.24. The van der Waals surface area contributed by atoms with Gasteiger partial charge in [-0.2, -0.15) is 5.10 Å². The first-order chi connectivity index (χ1) is 16.1. The summed E-state index contributed by atoms with van der Waals surface area (Å²) in [6.45, 7) is 0.781. The topological polar surface area (TPSA) is 71.4 Å². The summed E-state index contributed by atoms with van der Waals surface area (Å²) in [4.78, 5) is 29.4. The highest BCUT2D eigenvalue weighted by atomic mass is 32.1. The first kappa shape index (κ1) is 23.4. The summed E-state index contributed by atoms with van der Waals surface area (Å²) in [6, 6.07) is 11.5. The number of nitrogens with zero attached hydrogens (tertiary/aromatic N) is 3. The maximum Gasteiger partial charge on any atom is 0.262 e. The standard InChI is InChI=1S/C25H31N3O4S/c1-31-14-13-27(25(30)18-8-3-4-9-18)17-24(29)28-21(19-10-5-6-11-22(19)32-2)16-20(26-28)23-12-7-15-33-23/h5-7,10-12,15,18,21H,3-4,8-9,13-14,16-17H2,1-2H3/t21-/m0/s1. The van der Waals surface area contributed by atoms with Crippen molar-refractivity contribution < 1.29 is 19.1 Å². The molecule has 0 spiro atoms. The average Bonchev–Trinajstić information content (AvgIpc) is 3.62. The Balaban J connectivity index is 1.60. The molecule has 1 fully saturated rings. The van der Waals surface area contributed by atoms with E-state index in [1.165, 1.54) is 0 Å². The van der Waals surface area contributed by atoms with Crippen LogP contribution in [0.25, 0.3) is 0 Å². The summed E-state index contributed by atoms with van der Waals surface area (Å²) in [5.41, 5.74) is 1.79. The first-order valence-electron chi connectivity index (χ1n) is 11.5. The SMILES string of the molecule is COCCN(CC(=O)N1N=C(c2cccs2)C[C@H]1c1ccccc1OC)C(=O)C1CCCC1. The molecule has 0 saturated heterocycles. The van der Waals surface area contributed by atoms with Gasteiger partial charge in [-0.05, 0) is 30.4 Å². The molecular weight excluding hydrogens is 438 g/mol. The Bertz CT molecular complexity index is 985. The molecule has 1 aliphatic heterocycles. The number of carbonyl (C=O) groups is 2. The minimum atomic E-state index is -0.281. The van der Waals surface area contributed by atoms with E-state index in [0.29, 0.717) is 19.6 Å². The highest BCUT2D eigenvalue weighted by Gasteiger charge is 2.37. The van der Waals surface area contributed by atoms with E-state index in [4.69, 9.17) is 14.6 Å². The number of hydrazone groups is 1. The molecule has 1 saturated carbocycles. The molecule has 2 aromatic rings. The van der Waals surface area contributed by atoms with Gasteiger partial charge in [0.15, 0.2) is 0 Å². The zero-order valence-corrected chi connectivity index (χ0v) is 20.1. The van der Waals surface area contributed by atoms with Crippen molar-refractivity contribution in [2.24, 2.45) is 11.0 Å². The fourth-order valence-electron chi connectivity index (χ4n) is 4.65. The summed E-state index contributed by atoms with van der Waals surface area (Å²) in [6.07, 6.45) is 4.52. The third kappa shape index (κ3) is 5.28. The van der Waals surface area contributed by atoms with E-state index in [2.05, 4.69) is 0 Å². The largest absolute Gasteiger partial charge is 0.496 e. The molecule has 2 amide bonds. The van der Waals surface area contributed by atoms with E-state index >= 15 is 0 Å². The molecule has 0 radical (unpaired) electrons. The van der Waals surface area contributed by atoms with Crippen molar-refractivity contribution in [2.75, 3.05) is 33.9 Å². The summed E-state index contributed by atoms with van der Waals surface area (Å²) in [5, 5.41) is 8.30. The predicted octanol–water partition coefficient (Wildman–Crippen LogP) is 4.10. The lowest BCUT2D eigenvalue weighted by atomic mass is 10.00. The third-order valence-electron chi connectivity index (χ3n) is 6.38. The normalized spacial score (nSPS) is 18.4. The van der Waals surface area contributed by atoms with Crippen molar-refractivity contribution in [3.05, 3.63) is 52.2 Å². The lowest BCUT2D eigenvalue weighted by Gasteiger charge is -2.29. The van der Waals surface area contributed by atoms with E-state index in [-0.39, 0.29) is 30.3 Å². The van der Waals surface area contributed by atoms with Crippen LogP contribution >= 0.6 is 11.3 Å². The average molecular weight is 470 g/mol. The Kier molecular flexibility index (Phi) is 7.77. The Morgan fingerprint density at radius 2 is 1.94 bits per heavy atom. The maximum atomic E-state index is 13.6. The maximum absolute atomic E-state index is 13.6. The smallest absolute Gasteiger partial charge is 0.262 e. The minimum Gasteiger partial charge on any atom is -0.496 e. The number of carbonyl (C=O) groups excluding carboxylic acids is 2. The molecule has 33 heavy (non-hydrogen) atoms. The second kappa shape index (κ2) is 10.9. The molecule has 2 aliphatic rings. The molecule has 1 atom stereocenters. The van der Waals surface area contributed by atoms with Crippen LogP contribution in [0.2, 0.25) is 0 Å². The van der Waals surface area contributed by atoms with E-state index in [9.17, 15) is 9.59 Å². The van der Waals surface area contributed by atoms with Crippen LogP contribution in [0.5, 0.6) is 5.75 Å². The molecule has 1 aromatic carbocycles. The molecular formula is C25H31N3O4S. The second-order valence-corrected chi connectivity index (χ2v) is 9.41. The molecule has 2 heterocycles. The third-order valence-corrected chi connectivity index (χ3v) is 7.30. The molecule has 0 N–H and O–H groups in total. The van der Waals surface area contributed by atoms with Crippen LogP contribution in [0.3, 0.4) is 0 Å². The number of ether oxygens (including phenoxy) is 2. The van der Waals surface area contributed by atoms with Crippen molar-refractivity contribution >= 4 is 28.9 Å². The summed E-state index contributed by atoms with van der Waals surface area (Å²) >= 11 is 1.61. The summed E-state index contributed by atoms with van der Waals surface area (Å²) in [5.74, 6) is 0.581. The fraction of sp³-hybridized carbons (Fsp3) is 0.480. The molecule has 0 unspecified atom stereocenters. The predicted molar refractivity (Wildman–Crippen MR) is 128 cm³/mol. The second-order valence-electron chi connectivity index (χ2n) is 8.46. The number of para-hydroxylation sites is 1. The number of hydrogen-bond acceptors (Lipinski definition) is 6. The monoisotopic (exact) mass is 469 g/mol. The Labute approximate surface area is 199 Å². The zero-order chi connectivity index (χ0) is 23.2. The summed E-state index contributed by atoms with van der Waals surface area (Å²) < 4.78 is 10.8. The van der Waals surface area contributed by atoms with Crippen LogP contribution in [0.1, 0.15) is 48.6 Å². The van der Waals surface area contributed by atoms with Crippen LogP contribution in [0, 0.1) is 5.92 Å². The fourth-order valence-corrected chi connectivity index (χ4v) is 5.37. The molecule has 1 aliphatic carbocycles. The van der Waals surface area contributed by atoms with Gasteiger partial charge in [-0.25, -0.2) is 5.01 Å². The van der Waals surface area contributed by atoms with Gasteiger partial charge in [0.05, 0.1) is 30.3 Å². The van der Waals surface area contributed by atoms with Crippen molar-refractivity contribution in [3.63, 3.8) is 0 Å². The number of thiophene rings is 1. The number of amides is 2. The van der Waals surface area contributed by atoms with Gasteiger partial charge in [0.25, 0.3) is 5.91 Å². The Morgan fingerprint density at radius 1 is 1.15 bits per heavy atom. The highest BCUT2D eigenvalue weighted by Crippen LogP contribution is 2.38. The lowest BCUT2D eigenvalue weighted by Crippen LogP contribution is -2.44. The van der Waals surface area contributed by atoms with Crippen LogP contribution in [-0.4, -0.2) is 61.4 Å². The Morgan fingerprint density at radius 3 is 2.64 bits per heavy atom. The van der Waals surface area contributed by atoms with Gasteiger partial charge in [0, 0.05) is 31.6 Å². The Hall–Kier alpha value is -2.71. The molecule has 4 rings (SSSR count). The zero-order valence-electron chi connectivity index (χ0n) is 19.2. The van der Waals surface area contributed by atoms with E-state index in [1.807, 2.05) is 41.8 Å². The number of benzene rings is 1. The van der Waals surface area contributed by atoms with Gasteiger partial charge in [0.2, 0.25) is 5.91 Å². The lowest BCUT2D eigenvalue weighted by molar-refractivity contribution is -0.144. The molecule has 8 heteroatoms. The van der Waals surface area contributed by atoms with Crippen molar-refractivity contribution in [3.8, 4) is 5.75 Å².